The first kappa shape index (κ1) is 16.0. The summed E-state index contributed by atoms with van der Waals surface area (Å²) in [6, 6.07) is 5.14. The first-order valence-corrected chi connectivity index (χ1v) is 7.41. The largest absolute Gasteiger partial charge is 0.316 e. The molecule has 1 heterocycles. The van der Waals surface area contributed by atoms with Crippen LogP contribution in [0.1, 0.15) is 22.5 Å². The molecule has 3 nitrogen and oxygen atoms in total. The van der Waals surface area contributed by atoms with Crippen LogP contribution in [0.5, 0.6) is 0 Å². The van der Waals surface area contributed by atoms with Crippen LogP contribution in [0.25, 0.3) is 0 Å². The maximum atomic E-state index is 13.5. The van der Waals surface area contributed by atoms with Crippen LogP contribution < -0.4 is 5.32 Å². The van der Waals surface area contributed by atoms with Crippen LogP contribution in [0.3, 0.4) is 0 Å². The number of aryl methyl sites for hydroxylation is 2. The molecule has 0 saturated heterocycles. The Hall–Kier alpha value is -1.39. The number of hydrogen-bond donors (Lipinski definition) is 1. The topological polar surface area (TPSA) is 29.9 Å². The van der Waals surface area contributed by atoms with Crippen molar-refractivity contribution in [1.82, 2.24) is 15.1 Å². The van der Waals surface area contributed by atoms with Gasteiger partial charge in [0.2, 0.25) is 0 Å². The molecular weight excluding hydrogens is 289 g/mol. The second-order valence-corrected chi connectivity index (χ2v) is 5.76. The smallest absolute Gasteiger partial charge is 0.142 e. The first-order chi connectivity index (χ1) is 9.93. The van der Waals surface area contributed by atoms with Crippen LogP contribution >= 0.6 is 11.6 Å². The number of aromatic nitrogens is 2. The Morgan fingerprint density at radius 2 is 2.05 bits per heavy atom. The molecule has 21 heavy (non-hydrogen) atoms. The maximum Gasteiger partial charge on any atom is 0.142 e. The van der Waals surface area contributed by atoms with Crippen LogP contribution in [0.15, 0.2) is 18.2 Å². The fraction of sp³-hybridized carbons (Fsp3) is 0.438. The number of rotatable bonds is 5. The fourth-order valence-corrected chi connectivity index (χ4v) is 2.81. The average Bonchev–Trinajstić information content (AvgIpc) is 2.69. The van der Waals surface area contributed by atoms with Crippen molar-refractivity contribution in [2.45, 2.75) is 32.7 Å². The lowest BCUT2D eigenvalue weighted by Gasteiger charge is -2.17. The van der Waals surface area contributed by atoms with Crippen LogP contribution in [-0.2, 0) is 19.9 Å². The summed E-state index contributed by atoms with van der Waals surface area (Å²) in [5.74, 6) is -0.363. The van der Waals surface area contributed by atoms with Gasteiger partial charge in [0, 0.05) is 18.8 Å². The molecule has 1 aromatic heterocycles. The summed E-state index contributed by atoms with van der Waals surface area (Å²) in [4.78, 5) is 0. The zero-order valence-corrected chi connectivity index (χ0v) is 13.6. The summed E-state index contributed by atoms with van der Waals surface area (Å²) in [6.07, 6.45) is 1.52. The van der Waals surface area contributed by atoms with E-state index in [1.54, 1.807) is 6.07 Å². The molecule has 1 aromatic carbocycles. The summed E-state index contributed by atoms with van der Waals surface area (Å²) in [5, 5.41) is 7.95. The van der Waals surface area contributed by atoms with Crippen molar-refractivity contribution in [1.29, 1.82) is 0 Å². The zero-order valence-electron chi connectivity index (χ0n) is 12.9. The van der Waals surface area contributed by atoms with Crippen LogP contribution in [0.2, 0.25) is 5.02 Å². The van der Waals surface area contributed by atoms with E-state index in [4.69, 9.17) is 11.6 Å². The molecule has 1 unspecified atom stereocenters. The van der Waals surface area contributed by atoms with E-state index < -0.39 is 0 Å². The SMILES string of the molecule is CNC(Cc1cccc(F)c1Cl)Cc1c(C)nn(C)c1C. The molecule has 5 heteroatoms. The molecule has 114 valence electrons. The van der Waals surface area contributed by atoms with E-state index in [0.29, 0.717) is 6.42 Å². The average molecular weight is 310 g/mol. The van der Waals surface area contributed by atoms with E-state index in [1.165, 1.54) is 11.6 Å². The van der Waals surface area contributed by atoms with Crippen molar-refractivity contribution >= 4 is 11.6 Å². The van der Waals surface area contributed by atoms with Crippen LogP contribution in [0, 0.1) is 19.7 Å². The first-order valence-electron chi connectivity index (χ1n) is 7.03. The number of nitrogens with one attached hydrogen (secondary N) is 1. The third-order valence-electron chi connectivity index (χ3n) is 4.02. The maximum absolute atomic E-state index is 13.5. The molecule has 0 bridgehead atoms. The van der Waals surface area contributed by atoms with Gasteiger partial charge in [0.05, 0.1) is 10.7 Å². The van der Waals surface area contributed by atoms with E-state index in [-0.39, 0.29) is 16.9 Å². The van der Waals surface area contributed by atoms with Gasteiger partial charge < -0.3 is 5.32 Å². The van der Waals surface area contributed by atoms with Gasteiger partial charge in [-0.2, -0.15) is 5.10 Å². The quantitative estimate of drug-likeness (QED) is 0.919. The molecule has 1 N–H and O–H groups in total. The Morgan fingerprint density at radius 1 is 1.33 bits per heavy atom. The van der Waals surface area contributed by atoms with Gasteiger partial charge in [-0.05, 0) is 50.9 Å². The van der Waals surface area contributed by atoms with Crippen LogP contribution in [-0.4, -0.2) is 22.9 Å². The van der Waals surface area contributed by atoms with Gasteiger partial charge in [0.1, 0.15) is 5.82 Å². The summed E-state index contributed by atoms with van der Waals surface area (Å²) < 4.78 is 15.4. The van der Waals surface area contributed by atoms with Gasteiger partial charge >= 0.3 is 0 Å². The fourth-order valence-electron chi connectivity index (χ4n) is 2.61. The van der Waals surface area contributed by atoms with Crippen molar-refractivity contribution < 1.29 is 4.39 Å². The molecule has 0 saturated carbocycles. The van der Waals surface area contributed by atoms with Gasteiger partial charge in [-0.1, -0.05) is 23.7 Å². The highest BCUT2D eigenvalue weighted by molar-refractivity contribution is 6.31. The Bertz CT molecular complexity index is 637. The predicted octanol–water partition coefficient (Wildman–Crippen LogP) is 3.20. The Morgan fingerprint density at radius 3 is 2.62 bits per heavy atom. The van der Waals surface area contributed by atoms with E-state index in [1.807, 2.05) is 31.8 Å². The monoisotopic (exact) mass is 309 g/mol. The summed E-state index contributed by atoms with van der Waals surface area (Å²) >= 11 is 6.04. The highest BCUT2D eigenvalue weighted by Crippen LogP contribution is 2.22. The second kappa shape index (κ2) is 6.58. The lowest BCUT2D eigenvalue weighted by molar-refractivity contribution is 0.550. The standard InChI is InChI=1S/C16H21ClFN3/c1-10-14(11(2)21(4)20-10)9-13(19-3)8-12-6-5-7-15(18)16(12)17/h5-7,13,19H,8-9H2,1-4H3. The van der Waals surface area contributed by atoms with E-state index >= 15 is 0 Å². The van der Waals surface area contributed by atoms with Crippen molar-refractivity contribution in [3.05, 3.63) is 51.6 Å². The van der Waals surface area contributed by atoms with Crippen LogP contribution in [0.4, 0.5) is 4.39 Å². The number of likely N-dealkylation sites (N-methyl/N-ethyl adjacent to an activating group) is 1. The third-order valence-corrected chi connectivity index (χ3v) is 4.44. The number of halogens is 2. The van der Waals surface area contributed by atoms with E-state index in [9.17, 15) is 4.39 Å². The highest BCUT2D eigenvalue weighted by Gasteiger charge is 2.17. The van der Waals surface area contributed by atoms with Gasteiger partial charge in [0.25, 0.3) is 0 Å². The molecule has 0 aliphatic heterocycles. The number of benzene rings is 1. The third kappa shape index (κ3) is 3.44. The Balaban J connectivity index is 2.19. The lowest BCUT2D eigenvalue weighted by Crippen LogP contribution is -2.30. The van der Waals surface area contributed by atoms with E-state index in [2.05, 4.69) is 17.3 Å². The van der Waals surface area contributed by atoms with Gasteiger partial charge in [-0.25, -0.2) is 4.39 Å². The number of hydrogen-bond acceptors (Lipinski definition) is 2. The second-order valence-electron chi connectivity index (χ2n) is 5.38. The van der Waals surface area contributed by atoms with Gasteiger partial charge in [-0.15, -0.1) is 0 Å². The van der Waals surface area contributed by atoms with Gasteiger partial charge in [0.15, 0.2) is 0 Å². The predicted molar refractivity (Wildman–Crippen MR) is 84.3 cm³/mol. The van der Waals surface area contributed by atoms with E-state index in [0.717, 1.165) is 23.4 Å². The van der Waals surface area contributed by atoms with Crippen molar-refractivity contribution in [3.63, 3.8) is 0 Å². The lowest BCUT2D eigenvalue weighted by atomic mass is 9.98. The summed E-state index contributed by atoms with van der Waals surface area (Å²) in [7, 11) is 3.86. The molecule has 2 aromatic rings. The zero-order chi connectivity index (χ0) is 15.6. The highest BCUT2D eigenvalue weighted by atomic mass is 35.5. The molecule has 0 aliphatic rings. The minimum absolute atomic E-state index is 0.186. The minimum Gasteiger partial charge on any atom is -0.316 e. The van der Waals surface area contributed by atoms with Crippen molar-refractivity contribution in [2.75, 3.05) is 7.05 Å². The molecule has 0 spiro atoms. The molecule has 1 atom stereocenters. The summed E-state index contributed by atoms with van der Waals surface area (Å²) in [6.45, 7) is 4.08. The normalized spacial score (nSPS) is 12.7. The van der Waals surface area contributed by atoms with Crippen molar-refractivity contribution in [3.8, 4) is 0 Å². The van der Waals surface area contributed by atoms with Gasteiger partial charge in [-0.3, -0.25) is 4.68 Å². The molecule has 2 rings (SSSR count). The molecule has 0 aliphatic carbocycles. The molecule has 0 radical (unpaired) electrons. The van der Waals surface area contributed by atoms with Crippen molar-refractivity contribution in [2.24, 2.45) is 7.05 Å². The Labute approximate surface area is 130 Å². The summed E-state index contributed by atoms with van der Waals surface area (Å²) in [5.41, 5.74) is 4.28. The molecule has 0 amide bonds. The minimum atomic E-state index is -0.363. The molecule has 0 fully saturated rings. The number of nitrogens with zero attached hydrogens (tertiary/aromatic N) is 2. The Kier molecular flexibility index (Phi) is 5.01. The molecular formula is C16H21ClFN3.